The summed E-state index contributed by atoms with van der Waals surface area (Å²) in [6, 6.07) is 0.568. The highest BCUT2D eigenvalue weighted by atomic mass is 15.2. The minimum atomic E-state index is 0.568. The van der Waals surface area contributed by atoms with Gasteiger partial charge >= 0.3 is 0 Å². The van der Waals surface area contributed by atoms with Gasteiger partial charge in [-0.3, -0.25) is 4.99 Å². The van der Waals surface area contributed by atoms with Crippen molar-refractivity contribution in [2.75, 3.05) is 26.2 Å². The Labute approximate surface area is 111 Å². The Morgan fingerprint density at radius 2 is 2.06 bits per heavy atom. The lowest BCUT2D eigenvalue weighted by atomic mass is 9.96. The van der Waals surface area contributed by atoms with Crippen molar-refractivity contribution in [2.24, 2.45) is 16.6 Å². The summed E-state index contributed by atoms with van der Waals surface area (Å²) in [5, 5.41) is 3.38. The summed E-state index contributed by atoms with van der Waals surface area (Å²) >= 11 is 0. The van der Waals surface area contributed by atoms with Crippen molar-refractivity contribution >= 4 is 5.96 Å². The van der Waals surface area contributed by atoms with E-state index >= 15 is 0 Å². The van der Waals surface area contributed by atoms with E-state index < -0.39 is 0 Å². The smallest absolute Gasteiger partial charge is 0.188 e. The van der Waals surface area contributed by atoms with E-state index in [-0.39, 0.29) is 0 Å². The van der Waals surface area contributed by atoms with Crippen LogP contribution < -0.4 is 11.1 Å². The van der Waals surface area contributed by atoms with E-state index in [1.807, 2.05) is 0 Å². The molecule has 0 aromatic heterocycles. The van der Waals surface area contributed by atoms with Gasteiger partial charge in [0.1, 0.15) is 0 Å². The maximum Gasteiger partial charge on any atom is 0.188 e. The monoisotopic (exact) mass is 252 g/mol. The average Bonchev–Trinajstić information content (AvgIpc) is 2.85. The standard InChI is InChI=1S/C14H28N4/c1-2-18-9-8-12(11-18)10-16-14(15)17-13-6-4-3-5-7-13/h12-13H,2-11H2,1H3,(H3,15,16,17). The predicted octanol–water partition coefficient (Wildman–Crippen LogP) is 1.57. The van der Waals surface area contributed by atoms with E-state index in [0.717, 1.165) is 13.1 Å². The minimum Gasteiger partial charge on any atom is -0.370 e. The van der Waals surface area contributed by atoms with Crippen LogP contribution in [0.4, 0.5) is 0 Å². The lowest BCUT2D eigenvalue weighted by molar-refractivity contribution is 0.343. The third kappa shape index (κ3) is 4.16. The van der Waals surface area contributed by atoms with Gasteiger partial charge in [0.2, 0.25) is 0 Å². The molecular formula is C14H28N4. The zero-order chi connectivity index (χ0) is 12.8. The normalized spacial score (nSPS) is 27.6. The van der Waals surface area contributed by atoms with Crippen LogP contribution in [0.1, 0.15) is 45.4 Å². The maximum atomic E-state index is 5.98. The molecule has 2 fully saturated rings. The fourth-order valence-electron chi connectivity index (χ4n) is 3.08. The van der Waals surface area contributed by atoms with Crippen molar-refractivity contribution in [2.45, 2.75) is 51.5 Å². The van der Waals surface area contributed by atoms with E-state index in [9.17, 15) is 0 Å². The Bertz CT molecular complexity index is 271. The fraction of sp³-hybridized carbons (Fsp3) is 0.929. The highest BCUT2D eigenvalue weighted by Gasteiger charge is 2.20. The molecule has 104 valence electrons. The van der Waals surface area contributed by atoms with Crippen molar-refractivity contribution < 1.29 is 0 Å². The molecule has 0 amide bonds. The Morgan fingerprint density at radius 3 is 2.72 bits per heavy atom. The van der Waals surface area contributed by atoms with Crippen molar-refractivity contribution in [1.82, 2.24) is 10.2 Å². The van der Waals surface area contributed by atoms with Crippen molar-refractivity contribution in [3.8, 4) is 0 Å². The van der Waals surface area contributed by atoms with Gasteiger partial charge in [-0.15, -0.1) is 0 Å². The number of hydrogen-bond donors (Lipinski definition) is 2. The molecule has 1 atom stereocenters. The zero-order valence-electron chi connectivity index (χ0n) is 11.7. The van der Waals surface area contributed by atoms with Crippen molar-refractivity contribution in [3.05, 3.63) is 0 Å². The number of guanidine groups is 1. The SMILES string of the molecule is CCN1CCC(CN=C(N)NC2CCCCC2)C1. The molecule has 3 N–H and O–H groups in total. The summed E-state index contributed by atoms with van der Waals surface area (Å²) in [7, 11) is 0. The topological polar surface area (TPSA) is 53.6 Å². The molecule has 0 bridgehead atoms. The first kappa shape index (κ1) is 13.7. The Morgan fingerprint density at radius 1 is 1.28 bits per heavy atom. The summed E-state index contributed by atoms with van der Waals surface area (Å²) < 4.78 is 0. The highest BCUT2D eigenvalue weighted by Crippen LogP contribution is 2.17. The lowest BCUT2D eigenvalue weighted by Gasteiger charge is -2.23. The summed E-state index contributed by atoms with van der Waals surface area (Å²) in [6.07, 6.45) is 7.82. The van der Waals surface area contributed by atoms with Crippen LogP contribution in [-0.2, 0) is 0 Å². The van der Waals surface area contributed by atoms with Crippen LogP contribution in [0.5, 0.6) is 0 Å². The van der Waals surface area contributed by atoms with Crippen LogP contribution in [-0.4, -0.2) is 43.1 Å². The van der Waals surface area contributed by atoms with E-state index in [1.54, 1.807) is 0 Å². The zero-order valence-corrected chi connectivity index (χ0v) is 11.7. The second-order valence-electron chi connectivity index (χ2n) is 5.75. The molecular weight excluding hydrogens is 224 g/mol. The highest BCUT2D eigenvalue weighted by molar-refractivity contribution is 5.78. The Kier molecular flexibility index (Phi) is 5.29. The van der Waals surface area contributed by atoms with Gasteiger partial charge in [-0.2, -0.15) is 0 Å². The molecule has 2 rings (SSSR count). The number of nitrogens with one attached hydrogen (secondary N) is 1. The number of likely N-dealkylation sites (tertiary alicyclic amines) is 1. The predicted molar refractivity (Wildman–Crippen MR) is 76.7 cm³/mol. The summed E-state index contributed by atoms with van der Waals surface area (Å²) in [6.45, 7) is 6.70. The number of rotatable bonds is 4. The van der Waals surface area contributed by atoms with Crippen LogP contribution >= 0.6 is 0 Å². The summed E-state index contributed by atoms with van der Waals surface area (Å²) in [5.41, 5.74) is 5.98. The second-order valence-corrected chi connectivity index (χ2v) is 5.75. The van der Waals surface area contributed by atoms with Crippen molar-refractivity contribution in [3.63, 3.8) is 0 Å². The molecule has 0 spiro atoms. The van der Waals surface area contributed by atoms with Crippen LogP contribution in [0, 0.1) is 5.92 Å². The second kappa shape index (κ2) is 6.98. The molecule has 4 heteroatoms. The minimum absolute atomic E-state index is 0.568. The van der Waals surface area contributed by atoms with Gasteiger partial charge in [0.25, 0.3) is 0 Å². The van der Waals surface area contributed by atoms with E-state index in [2.05, 4.69) is 22.1 Å². The molecule has 0 aromatic carbocycles. The molecule has 18 heavy (non-hydrogen) atoms. The molecule has 0 radical (unpaired) electrons. The van der Waals surface area contributed by atoms with Gasteiger partial charge in [-0.25, -0.2) is 0 Å². The molecule has 1 aliphatic heterocycles. The quantitative estimate of drug-likeness (QED) is 0.590. The number of hydrogen-bond acceptors (Lipinski definition) is 2. The van der Waals surface area contributed by atoms with Gasteiger partial charge < -0.3 is 16.0 Å². The molecule has 1 unspecified atom stereocenters. The van der Waals surface area contributed by atoms with Gasteiger partial charge in [-0.1, -0.05) is 26.2 Å². The van der Waals surface area contributed by atoms with Gasteiger partial charge in [0.05, 0.1) is 0 Å². The van der Waals surface area contributed by atoms with Crippen LogP contribution in [0.25, 0.3) is 0 Å². The third-order valence-electron chi connectivity index (χ3n) is 4.29. The number of nitrogens with two attached hydrogens (primary N) is 1. The van der Waals surface area contributed by atoms with Crippen molar-refractivity contribution in [1.29, 1.82) is 0 Å². The maximum absolute atomic E-state index is 5.98. The average molecular weight is 252 g/mol. The van der Waals surface area contributed by atoms with E-state index in [4.69, 9.17) is 5.73 Å². The fourth-order valence-corrected chi connectivity index (χ4v) is 3.08. The molecule has 1 heterocycles. The van der Waals surface area contributed by atoms with E-state index in [0.29, 0.717) is 17.9 Å². The summed E-state index contributed by atoms with van der Waals surface area (Å²) in [5.74, 6) is 1.37. The Hall–Kier alpha value is -0.770. The first-order valence-electron chi connectivity index (χ1n) is 7.56. The lowest BCUT2D eigenvalue weighted by Crippen LogP contribution is -2.41. The Balaban J connectivity index is 1.68. The largest absolute Gasteiger partial charge is 0.370 e. The van der Waals surface area contributed by atoms with Gasteiger partial charge in [-0.05, 0) is 38.3 Å². The number of aliphatic imine (C=N–C) groups is 1. The molecule has 0 aromatic rings. The summed E-state index contributed by atoms with van der Waals surface area (Å²) in [4.78, 5) is 7.02. The molecule has 4 nitrogen and oxygen atoms in total. The van der Waals surface area contributed by atoms with E-state index in [1.165, 1.54) is 51.6 Å². The first-order valence-corrected chi connectivity index (χ1v) is 7.56. The molecule has 2 aliphatic rings. The number of nitrogens with zero attached hydrogens (tertiary/aromatic N) is 2. The molecule has 1 saturated heterocycles. The van der Waals surface area contributed by atoms with Gasteiger partial charge in [0.15, 0.2) is 5.96 Å². The molecule has 1 aliphatic carbocycles. The van der Waals surface area contributed by atoms with Crippen LogP contribution in [0.3, 0.4) is 0 Å². The third-order valence-corrected chi connectivity index (χ3v) is 4.29. The van der Waals surface area contributed by atoms with Crippen LogP contribution in [0.2, 0.25) is 0 Å². The first-order chi connectivity index (χ1) is 8.78. The molecule has 1 saturated carbocycles. The van der Waals surface area contributed by atoms with Gasteiger partial charge in [0, 0.05) is 19.1 Å². The van der Waals surface area contributed by atoms with Crippen LogP contribution in [0.15, 0.2) is 4.99 Å².